The SMILES string of the molecule is CC1C=C(c2ccc(C3=CCCC=C3)cc2)C=CC1N(c1ccccc1)C1C=CC(c2ccc(N(C3C=CC(C4=CCCCC4)=CC3)C3CC=C(C4C=CC=CC4)CC3)cc2)=CC1. The maximum absolute atomic E-state index is 2.77. The molecule has 0 N–H and O–H groups in total. The summed E-state index contributed by atoms with van der Waals surface area (Å²) in [6.07, 6.45) is 57.3. The van der Waals surface area contributed by atoms with E-state index in [0.717, 1.165) is 38.5 Å². The van der Waals surface area contributed by atoms with E-state index >= 15 is 0 Å². The van der Waals surface area contributed by atoms with Crippen molar-refractivity contribution >= 4 is 28.1 Å². The standard InChI is InChI=1S/C61H64N2/c1-45-44-55(54-24-22-49(23-25-54)46-14-6-2-7-15-46)34-43-61(45)63(56-20-12-5-13-21-56)60-41-32-53(33-42-60)52-30-39-59(40-31-52)62(57-35-26-50(27-36-57)47-16-8-3-9-17-47)58-37-28-51(29-38-58)48-18-10-4-11-19-48/h3,5-6,8-9,12-16,18,20-26,28-34,37,39-41,43-45,47,57-58,60-61H,2,4,7,10-11,17,19,27,35-36,38,42H2,1H3. The van der Waals surface area contributed by atoms with Crippen LogP contribution in [-0.2, 0) is 0 Å². The van der Waals surface area contributed by atoms with Crippen molar-refractivity contribution in [3.8, 4) is 0 Å². The molecule has 2 heteroatoms. The lowest BCUT2D eigenvalue weighted by atomic mass is 9.82. The van der Waals surface area contributed by atoms with Crippen LogP contribution in [0.15, 0.2) is 205 Å². The second-order valence-electron chi connectivity index (χ2n) is 18.7. The van der Waals surface area contributed by atoms with Crippen LogP contribution in [-0.4, -0.2) is 24.2 Å². The molecule has 63 heavy (non-hydrogen) atoms. The van der Waals surface area contributed by atoms with E-state index in [9.17, 15) is 0 Å². The fourth-order valence-electron chi connectivity index (χ4n) is 11.2. The lowest BCUT2D eigenvalue weighted by Crippen LogP contribution is -2.45. The van der Waals surface area contributed by atoms with Crippen molar-refractivity contribution in [1.29, 1.82) is 0 Å². The van der Waals surface area contributed by atoms with Gasteiger partial charge in [-0.2, -0.15) is 0 Å². The van der Waals surface area contributed by atoms with Crippen LogP contribution >= 0.6 is 0 Å². The van der Waals surface area contributed by atoms with E-state index in [2.05, 4.69) is 205 Å². The summed E-state index contributed by atoms with van der Waals surface area (Å²) >= 11 is 0. The summed E-state index contributed by atoms with van der Waals surface area (Å²) in [7, 11) is 0. The first kappa shape index (κ1) is 41.2. The molecule has 7 aliphatic rings. The molecule has 318 valence electrons. The van der Waals surface area contributed by atoms with E-state index in [-0.39, 0.29) is 12.1 Å². The van der Waals surface area contributed by atoms with Gasteiger partial charge in [0.25, 0.3) is 0 Å². The molecule has 6 unspecified atom stereocenters. The number of rotatable bonds is 11. The van der Waals surface area contributed by atoms with Crippen LogP contribution in [0.3, 0.4) is 0 Å². The van der Waals surface area contributed by atoms with Gasteiger partial charge < -0.3 is 9.80 Å². The predicted octanol–water partition coefficient (Wildman–Crippen LogP) is 15.5. The molecule has 6 atom stereocenters. The van der Waals surface area contributed by atoms with Crippen molar-refractivity contribution in [2.24, 2.45) is 11.8 Å². The molecule has 0 saturated carbocycles. The van der Waals surface area contributed by atoms with Crippen LogP contribution in [0.1, 0.15) is 101 Å². The van der Waals surface area contributed by atoms with E-state index in [1.165, 1.54) is 88.9 Å². The van der Waals surface area contributed by atoms with Crippen molar-refractivity contribution in [3.05, 3.63) is 222 Å². The lowest BCUT2D eigenvalue weighted by molar-refractivity contribution is 0.485. The molecule has 0 amide bonds. The molecule has 0 aromatic heterocycles. The van der Waals surface area contributed by atoms with Gasteiger partial charge in [0.2, 0.25) is 0 Å². The largest absolute Gasteiger partial charge is 0.361 e. The Morgan fingerprint density at radius 1 is 0.492 bits per heavy atom. The molecule has 7 aliphatic carbocycles. The van der Waals surface area contributed by atoms with Crippen LogP contribution in [0.25, 0.3) is 16.7 Å². The molecule has 0 aliphatic heterocycles. The number of hydrogen-bond acceptors (Lipinski definition) is 2. The quantitative estimate of drug-likeness (QED) is 0.178. The minimum absolute atomic E-state index is 0.253. The summed E-state index contributed by atoms with van der Waals surface area (Å²) in [6.45, 7) is 2.38. The van der Waals surface area contributed by atoms with Crippen LogP contribution in [0.2, 0.25) is 0 Å². The Morgan fingerprint density at radius 3 is 1.83 bits per heavy atom. The summed E-state index contributed by atoms with van der Waals surface area (Å²) < 4.78 is 0. The first-order valence-corrected chi connectivity index (χ1v) is 24.2. The minimum atomic E-state index is 0.253. The summed E-state index contributed by atoms with van der Waals surface area (Å²) in [5, 5.41) is 0. The molecule has 10 rings (SSSR count). The Balaban J connectivity index is 0.849. The van der Waals surface area contributed by atoms with Crippen LogP contribution in [0, 0.1) is 11.8 Å². The second-order valence-corrected chi connectivity index (χ2v) is 18.7. The van der Waals surface area contributed by atoms with E-state index in [1.54, 1.807) is 11.1 Å². The van der Waals surface area contributed by atoms with Gasteiger partial charge in [-0.15, -0.1) is 0 Å². The van der Waals surface area contributed by atoms with E-state index in [0.29, 0.717) is 23.9 Å². The first-order valence-electron chi connectivity index (χ1n) is 24.2. The van der Waals surface area contributed by atoms with Crippen molar-refractivity contribution in [1.82, 2.24) is 0 Å². The first-order chi connectivity index (χ1) is 31.1. The highest BCUT2D eigenvalue weighted by Crippen LogP contribution is 2.39. The van der Waals surface area contributed by atoms with Gasteiger partial charge in [0.15, 0.2) is 0 Å². The monoisotopic (exact) mass is 825 g/mol. The van der Waals surface area contributed by atoms with E-state index < -0.39 is 0 Å². The highest BCUT2D eigenvalue weighted by Gasteiger charge is 2.31. The number of allylic oxidation sites excluding steroid dienone is 17. The number of nitrogens with zero attached hydrogens (tertiary/aromatic N) is 2. The molecule has 0 heterocycles. The smallest absolute Gasteiger partial charge is 0.0543 e. The highest BCUT2D eigenvalue weighted by molar-refractivity contribution is 5.80. The molecule has 0 fully saturated rings. The molecular formula is C61H64N2. The molecule has 2 nitrogen and oxygen atoms in total. The maximum atomic E-state index is 2.77. The number of benzene rings is 3. The fraction of sp³-hybridized carbons (Fsp3) is 0.311. The number of anilines is 2. The fourth-order valence-corrected chi connectivity index (χ4v) is 11.2. The molecule has 0 bridgehead atoms. The third kappa shape index (κ3) is 9.28. The topological polar surface area (TPSA) is 6.48 Å². The second kappa shape index (κ2) is 19.3. The lowest BCUT2D eigenvalue weighted by Gasteiger charge is -2.42. The molecule has 3 aromatic rings. The van der Waals surface area contributed by atoms with Gasteiger partial charge in [0, 0.05) is 23.3 Å². The molecule has 0 spiro atoms. The summed E-state index contributed by atoms with van der Waals surface area (Å²) in [4.78, 5) is 5.42. The van der Waals surface area contributed by atoms with Gasteiger partial charge in [-0.3, -0.25) is 0 Å². The van der Waals surface area contributed by atoms with E-state index in [4.69, 9.17) is 0 Å². The number of para-hydroxylation sites is 1. The Bertz CT molecular complexity index is 2490. The van der Waals surface area contributed by atoms with E-state index in [1.807, 2.05) is 0 Å². The van der Waals surface area contributed by atoms with Crippen LogP contribution in [0.5, 0.6) is 0 Å². The van der Waals surface area contributed by atoms with Crippen molar-refractivity contribution < 1.29 is 0 Å². The Labute approximate surface area is 377 Å². The van der Waals surface area contributed by atoms with Crippen LogP contribution < -0.4 is 9.80 Å². The van der Waals surface area contributed by atoms with Crippen LogP contribution in [0.4, 0.5) is 11.4 Å². The minimum Gasteiger partial charge on any atom is -0.361 e. The zero-order chi connectivity index (χ0) is 42.4. The van der Waals surface area contributed by atoms with Gasteiger partial charge >= 0.3 is 0 Å². The summed E-state index contributed by atoms with van der Waals surface area (Å²) in [5.74, 6) is 0.924. The Kier molecular flexibility index (Phi) is 12.6. The Hall–Kier alpha value is -5.86. The zero-order valence-electron chi connectivity index (χ0n) is 37.2. The molecule has 0 saturated heterocycles. The van der Waals surface area contributed by atoms with Gasteiger partial charge in [-0.25, -0.2) is 0 Å². The molecule has 3 aromatic carbocycles. The predicted molar refractivity (Wildman–Crippen MR) is 271 cm³/mol. The average Bonchev–Trinajstić information content (AvgIpc) is 3.37. The third-order valence-corrected chi connectivity index (χ3v) is 14.7. The summed E-state index contributed by atoms with van der Waals surface area (Å²) in [5.41, 5.74) is 15.1. The van der Waals surface area contributed by atoms with Crippen molar-refractivity contribution in [2.75, 3.05) is 9.80 Å². The van der Waals surface area contributed by atoms with Gasteiger partial charge in [0.05, 0.1) is 18.1 Å². The molecular weight excluding hydrogens is 761 g/mol. The summed E-state index contributed by atoms with van der Waals surface area (Å²) in [6, 6.07) is 31.2. The van der Waals surface area contributed by atoms with Gasteiger partial charge in [0.1, 0.15) is 0 Å². The normalized spacial score (nSPS) is 26.6. The maximum Gasteiger partial charge on any atom is 0.0543 e. The third-order valence-electron chi connectivity index (χ3n) is 14.7. The highest BCUT2D eigenvalue weighted by atomic mass is 15.2. The van der Waals surface area contributed by atoms with Gasteiger partial charge in [-0.1, -0.05) is 176 Å². The average molecular weight is 825 g/mol. The van der Waals surface area contributed by atoms with Gasteiger partial charge in [-0.05, 0) is 152 Å². The zero-order valence-corrected chi connectivity index (χ0v) is 37.2. The van der Waals surface area contributed by atoms with Crippen molar-refractivity contribution in [2.45, 2.75) is 108 Å². The number of hydrogen-bond donors (Lipinski definition) is 0. The Morgan fingerprint density at radius 2 is 1.19 bits per heavy atom. The molecule has 0 radical (unpaired) electrons. The van der Waals surface area contributed by atoms with Crippen molar-refractivity contribution in [3.63, 3.8) is 0 Å².